The fourth-order valence-electron chi connectivity index (χ4n) is 5.37. The molecule has 1 heterocycles. The Morgan fingerprint density at radius 1 is 0.944 bits per heavy atom. The van der Waals surface area contributed by atoms with Crippen molar-refractivity contribution in [3.63, 3.8) is 0 Å². The fraction of sp³-hybridized carbons (Fsp3) is 0.410. The number of ether oxygens (including phenoxy) is 5. The van der Waals surface area contributed by atoms with Crippen LogP contribution in [-0.2, 0) is 44.6 Å². The summed E-state index contributed by atoms with van der Waals surface area (Å²) in [4.78, 5) is 65.7. The molecule has 0 aromatic heterocycles. The number of nitriles is 1. The summed E-state index contributed by atoms with van der Waals surface area (Å²) in [5.41, 5.74) is 0.631. The Bertz CT molecular complexity index is 1880. The maximum Gasteiger partial charge on any atom is 0.330 e. The smallest absolute Gasteiger partial charge is 0.330 e. The second-order valence-corrected chi connectivity index (χ2v) is 15.7. The average Bonchev–Trinajstić information content (AvgIpc) is 3.61. The highest BCUT2D eigenvalue weighted by Gasteiger charge is 2.34. The highest BCUT2D eigenvalue weighted by atomic mass is 32.2. The number of nitrogens with zero attached hydrogens (tertiary/aromatic N) is 2. The molecule has 1 aliphatic carbocycles. The first-order valence-corrected chi connectivity index (χ1v) is 18.7. The summed E-state index contributed by atoms with van der Waals surface area (Å²) >= 11 is 2.21. The quantitative estimate of drug-likeness (QED) is 0.0488. The predicted molar refractivity (Wildman–Crippen MR) is 197 cm³/mol. The molecule has 1 fully saturated rings. The van der Waals surface area contributed by atoms with Crippen molar-refractivity contribution in [1.29, 1.82) is 5.26 Å². The average molecular weight is 777 g/mol. The van der Waals surface area contributed by atoms with Crippen molar-refractivity contribution in [1.82, 2.24) is 0 Å². The number of esters is 5. The number of allylic oxidation sites excluding steroid dienone is 1. The number of carbonyl (C=O) groups is 5. The van der Waals surface area contributed by atoms with Crippen LogP contribution in [0.5, 0.6) is 17.2 Å². The Morgan fingerprint density at radius 2 is 1.52 bits per heavy atom. The molecular formula is C39H40N2O11S2. The first-order chi connectivity index (χ1) is 25.7. The Balaban J connectivity index is 1.15. The van der Waals surface area contributed by atoms with Crippen LogP contribution in [0.4, 0.5) is 0 Å². The van der Waals surface area contributed by atoms with Gasteiger partial charge in [0.1, 0.15) is 17.2 Å². The number of hydrogen-bond donors (Lipinski definition) is 1. The van der Waals surface area contributed by atoms with E-state index >= 15 is 0 Å². The van der Waals surface area contributed by atoms with Gasteiger partial charge in [-0.1, -0.05) is 56.1 Å². The number of carbonyl (C=O) groups excluding carboxylic acids is 5. The third-order valence-corrected chi connectivity index (χ3v) is 11.1. The van der Waals surface area contributed by atoms with Crippen LogP contribution in [0.25, 0.3) is 4.85 Å². The van der Waals surface area contributed by atoms with Gasteiger partial charge in [-0.05, 0) is 61.9 Å². The van der Waals surface area contributed by atoms with Gasteiger partial charge in [0.25, 0.3) is 5.70 Å². The highest BCUT2D eigenvalue weighted by molar-refractivity contribution is 8.24. The molecule has 0 amide bonds. The zero-order chi connectivity index (χ0) is 39.4. The number of rotatable bonds is 15. The number of phenolic OH excluding ortho intramolecular Hbond substituents is 1. The first-order valence-electron chi connectivity index (χ1n) is 17.1. The van der Waals surface area contributed by atoms with Gasteiger partial charge in [0.05, 0.1) is 71.2 Å². The van der Waals surface area contributed by atoms with E-state index in [1.54, 1.807) is 51.1 Å². The van der Waals surface area contributed by atoms with Crippen molar-refractivity contribution in [3.05, 3.63) is 75.5 Å². The third-order valence-electron chi connectivity index (χ3n) is 8.50. The standard InChI is InChI=1S/C39H40N2O11S2/c1-6-30(42)49-21-39(3,4)22-50-32(44)16-15-31(43)48-18-17-24-7-13-27(14-8-24)51-36(46)25-9-11-26(12-10-25)37(47)52-29-19-23(2)33(45)35-34(29)53-38(54-35)28(20-40)41-5/h6-8,13-14,19,25-26,45H,1,9-12,15-18,21-22H2,2-4H3/b38-28+. The Labute approximate surface area is 321 Å². The summed E-state index contributed by atoms with van der Waals surface area (Å²) in [5.74, 6) is -2.73. The van der Waals surface area contributed by atoms with Crippen molar-refractivity contribution in [3.8, 4) is 23.3 Å². The third kappa shape index (κ3) is 11.6. The predicted octanol–water partition coefficient (Wildman–Crippen LogP) is 6.99. The summed E-state index contributed by atoms with van der Waals surface area (Å²) < 4.78 is 27.2. The van der Waals surface area contributed by atoms with Gasteiger partial charge in [0.15, 0.2) is 0 Å². The summed E-state index contributed by atoms with van der Waals surface area (Å²) in [7, 11) is 0. The zero-order valence-corrected chi connectivity index (χ0v) is 31.8. The van der Waals surface area contributed by atoms with Crippen molar-refractivity contribution < 1.29 is 52.8 Å². The van der Waals surface area contributed by atoms with Crippen molar-refractivity contribution in [2.24, 2.45) is 17.3 Å². The van der Waals surface area contributed by atoms with E-state index in [1.807, 2.05) is 6.07 Å². The second kappa shape index (κ2) is 19.2. The molecule has 1 aliphatic heterocycles. The van der Waals surface area contributed by atoms with Crippen LogP contribution in [0.1, 0.15) is 63.5 Å². The largest absolute Gasteiger partial charge is 0.506 e. The molecule has 54 heavy (non-hydrogen) atoms. The van der Waals surface area contributed by atoms with Gasteiger partial charge in [-0.3, -0.25) is 19.2 Å². The molecule has 0 radical (unpaired) electrons. The van der Waals surface area contributed by atoms with Crippen LogP contribution in [0.3, 0.4) is 0 Å². The van der Waals surface area contributed by atoms with E-state index in [1.165, 1.54) is 0 Å². The maximum absolute atomic E-state index is 13.2. The van der Waals surface area contributed by atoms with Crippen LogP contribution >= 0.6 is 23.5 Å². The number of benzene rings is 2. The first kappa shape index (κ1) is 41.5. The maximum atomic E-state index is 13.2. The summed E-state index contributed by atoms with van der Waals surface area (Å²) in [6.07, 6.45) is 2.89. The van der Waals surface area contributed by atoms with Crippen LogP contribution in [0.2, 0.25) is 0 Å². The van der Waals surface area contributed by atoms with Crippen molar-refractivity contribution in [2.45, 2.75) is 75.5 Å². The van der Waals surface area contributed by atoms with Crippen LogP contribution in [0, 0.1) is 42.1 Å². The van der Waals surface area contributed by atoms with Gasteiger partial charge in [-0.25, -0.2) is 14.9 Å². The molecular weight excluding hydrogens is 737 g/mol. The van der Waals surface area contributed by atoms with Gasteiger partial charge in [0.2, 0.25) is 0 Å². The number of phenols is 1. The molecule has 2 aromatic carbocycles. The number of thioether (sulfide) groups is 2. The van der Waals surface area contributed by atoms with Gasteiger partial charge in [-0.2, -0.15) is 0 Å². The lowest BCUT2D eigenvalue weighted by molar-refractivity contribution is -0.154. The molecule has 0 spiro atoms. The Morgan fingerprint density at radius 3 is 2.11 bits per heavy atom. The molecule has 284 valence electrons. The van der Waals surface area contributed by atoms with E-state index in [-0.39, 0.29) is 49.9 Å². The van der Waals surface area contributed by atoms with E-state index < -0.39 is 47.1 Å². The number of aromatic hydroxyl groups is 1. The van der Waals surface area contributed by atoms with E-state index in [0.29, 0.717) is 57.4 Å². The minimum absolute atomic E-state index is 0.00720. The zero-order valence-electron chi connectivity index (χ0n) is 30.1. The van der Waals surface area contributed by atoms with Crippen molar-refractivity contribution >= 4 is 53.4 Å². The number of fused-ring (bicyclic) bond motifs is 1. The van der Waals surface area contributed by atoms with Crippen LogP contribution in [0.15, 0.2) is 62.7 Å². The molecule has 0 saturated heterocycles. The SMILES string of the molecule is [C-]#[N+]/C(C#N)=C1\Sc2c(OC(=O)C3CCC(C(=O)Oc4ccc(CCOC(=O)CCC(=O)OCC(C)(C)COC(=O)C=C)cc4)CC3)cc(C)c(O)c2S1. The molecule has 15 heteroatoms. The fourth-order valence-corrected chi connectivity index (χ4v) is 7.87. The normalized spacial score (nSPS) is 17.1. The molecule has 1 saturated carbocycles. The minimum atomic E-state index is -0.603. The van der Waals surface area contributed by atoms with E-state index in [2.05, 4.69) is 11.4 Å². The molecule has 0 bridgehead atoms. The van der Waals surface area contributed by atoms with Gasteiger partial charge in [0, 0.05) is 17.9 Å². The van der Waals surface area contributed by atoms with Crippen molar-refractivity contribution in [2.75, 3.05) is 19.8 Å². The van der Waals surface area contributed by atoms with Gasteiger partial charge in [-0.15, -0.1) is 0 Å². The number of hydrogen-bond acceptors (Lipinski definition) is 14. The molecule has 0 atom stereocenters. The molecule has 2 aliphatic rings. The van der Waals surface area contributed by atoms with E-state index in [4.69, 9.17) is 30.3 Å². The van der Waals surface area contributed by atoms with Gasteiger partial charge < -0.3 is 28.8 Å². The Kier molecular flexibility index (Phi) is 14.7. The lowest BCUT2D eigenvalue weighted by atomic mass is 9.82. The lowest BCUT2D eigenvalue weighted by Crippen LogP contribution is -2.30. The highest BCUT2D eigenvalue weighted by Crippen LogP contribution is 2.59. The van der Waals surface area contributed by atoms with E-state index in [0.717, 1.165) is 35.2 Å². The van der Waals surface area contributed by atoms with E-state index in [9.17, 15) is 34.3 Å². The second-order valence-electron chi connectivity index (χ2n) is 13.4. The molecule has 0 unspecified atom stereocenters. The monoisotopic (exact) mass is 776 g/mol. The van der Waals surface area contributed by atoms with Gasteiger partial charge >= 0.3 is 29.8 Å². The van der Waals surface area contributed by atoms with Crippen LogP contribution in [-0.4, -0.2) is 54.8 Å². The molecule has 4 rings (SSSR count). The molecule has 13 nitrogen and oxygen atoms in total. The molecule has 2 aromatic rings. The minimum Gasteiger partial charge on any atom is -0.506 e. The lowest BCUT2D eigenvalue weighted by Gasteiger charge is -2.26. The summed E-state index contributed by atoms with van der Waals surface area (Å²) in [5, 5.41) is 19.9. The van der Waals surface area contributed by atoms with Crippen LogP contribution < -0.4 is 9.47 Å². The summed E-state index contributed by atoms with van der Waals surface area (Å²) in [6.45, 7) is 15.9. The summed E-state index contributed by atoms with van der Waals surface area (Å²) in [6, 6.07) is 10.2. The molecule has 1 N–H and O–H groups in total. The topological polar surface area (TPSA) is 180 Å². The number of aryl methyl sites for hydroxylation is 1. The Hall–Kier alpha value is -5.25.